The highest BCUT2D eigenvalue weighted by molar-refractivity contribution is 5.91. The SMILES string of the molecule is Cc1ccc(-c2c(C)nc(NC(=O)NC3CCCC3)c(C)c2C(OC(C)(C)C)C(=O)O)cc1C. The first-order valence-electron chi connectivity index (χ1n) is 11.9. The van der Waals surface area contributed by atoms with Gasteiger partial charge in [0.2, 0.25) is 0 Å². The van der Waals surface area contributed by atoms with Crippen LogP contribution in [-0.4, -0.2) is 33.7 Å². The van der Waals surface area contributed by atoms with Gasteiger partial charge in [0.05, 0.1) is 5.60 Å². The van der Waals surface area contributed by atoms with Crippen LogP contribution in [0.1, 0.15) is 80.5 Å². The van der Waals surface area contributed by atoms with Gasteiger partial charge in [0, 0.05) is 22.9 Å². The second-order valence-electron chi connectivity index (χ2n) is 10.3. The third kappa shape index (κ3) is 5.95. The fraction of sp³-hybridized carbons (Fsp3) is 0.519. The van der Waals surface area contributed by atoms with Crippen molar-refractivity contribution >= 4 is 17.8 Å². The Hall–Kier alpha value is -2.93. The number of nitrogens with one attached hydrogen (secondary N) is 2. The molecule has 1 heterocycles. The van der Waals surface area contributed by atoms with Crippen molar-refractivity contribution in [1.82, 2.24) is 10.3 Å². The number of anilines is 1. The van der Waals surface area contributed by atoms with Crippen LogP contribution in [0.5, 0.6) is 0 Å². The maximum absolute atomic E-state index is 12.7. The van der Waals surface area contributed by atoms with Gasteiger partial charge in [-0.3, -0.25) is 5.32 Å². The molecule has 0 radical (unpaired) electrons. The van der Waals surface area contributed by atoms with Gasteiger partial charge in [-0.2, -0.15) is 0 Å². The minimum absolute atomic E-state index is 0.159. The Morgan fingerprint density at radius 1 is 1.09 bits per heavy atom. The molecule has 2 amide bonds. The van der Waals surface area contributed by atoms with Crippen LogP contribution in [0.25, 0.3) is 11.1 Å². The van der Waals surface area contributed by atoms with Crippen molar-refractivity contribution in [1.29, 1.82) is 0 Å². The summed E-state index contributed by atoms with van der Waals surface area (Å²) in [5, 5.41) is 16.1. The first-order chi connectivity index (χ1) is 15.9. The van der Waals surface area contributed by atoms with Crippen molar-refractivity contribution in [2.45, 2.75) is 91.9 Å². The Morgan fingerprint density at radius 2 is 1.74 bits per heavy atom. The van der Waals surface area contributed by atoms with Crippen molar-refractivity contribution < 1.29 is 19.4 Å². The number of carbonyl (C=O) groups excluding carboxylic acids is 1. The second-order valence-corrected chi connectivity index (χ2v) is 10.3. The van der Waals surface area contributed by atoms with Gasteiger partial charge in [-0.15, -0.1) is 0 Å². The molecule has 1 aliphatic carbocycles. The minimum Gasteiger partial charge on any atom is -0.479 e. The number of hydrogen-bond donors (Lipinski definition) is 3. The molecule has 0 bridgehead atoms. The van der Waals surface area contributed by atoms with E-state index < -0.39 is 17.7 Å². The van der Waals surface area contributed by atoms with E-state index in [1.54, 1.807) is 6.92 Å². The van der Waals surface area contributed by atoms with E-state index in [1.807, 2.05) is 59.7 Å². The lowest BCUT2D eigenvalue weighted by Gasteiger charge is -2.29. The topological polar surface area (TPSA) is 101 Å². The number of carbonyl (C=O) groups is 2. The van der Waals surface area contributed by atoms with Crippen LogP contribution in [0, 0.1) is 27.7 Å². The molecule has 1 fully saturated rings. The highest BCUT2D eigenvalue weighted by Gasteiger charge is 2.33. The number of carboxylic acids is 1. The number of amides is 2. The van der Waals surface area contributed by atoms with Crippen LogP contribution in [0.15, 0.2) is 18.2 Å². The number of carboxylic acid groups (broad SMARTS) is 1. The molecule has 1 aromatic heterocycles. The van der Waals surface area contributed by atoms with Crippen molar-refractivity contribution in [3.05, 3.63) is 46.1 Å². The Labute approximate surface area is 202 Å². The molecule has 0 saturated heterocycles. The third-order valence-electron chi connectivity index (χ3n) is 6.35. The van der Waals surface area contributed by atoms with E-state index in [-0.39, 0.29) is 12.1 Å². The maximum atomic E-state index is 12.7. The highest BCUT2D eigenvalue weighted by atomic mass is 16.5. The zero-order valence-corrected chi connectivity index (χ0v) is 21.3. The average Bonchev–Trinajstić information content (AvgIpc) is 3.23. The van der Waals surface area contributed by atoms with E-state index in [0.717, 1.165) is 47.9 Å². The zero-order valence-electron chi connectivity index (χ0n) is 21.3. The number of ether oxygens (including phenoxy) is 1. The fourth-order valence-electron chi connectivity index (χ4n) is 4.51. The molecule has 1 aromatic carbocycles. The molecule has 3 N–H and O–H groups in total. The van der Waals surface area contributed by atoms with Gasteiger partial charge in [-0.1, -0.05) is 31.0 Å². The molecule has 1 saturated carbocycles. The Kier molecular flexibility index (Phi) is 7.66. The number of pyridine rings is 1. The largest absolute Gasteiger partial charge is 0.479 e. The summed E-state index contributed by atoms with van der Waals surface area (Å²) in [6.07, 6.45) is 2.94. The lowest BCUT2D eigenvalue weighted by molar-refractivity contribution is -0.160. The summed E-state index contributed by atoms with van der Waals surface area (Å²) in [5.41, 5.74) is 4.86. The molecule has 3 rings (SSSR count). The van der Waals surface area contributed by atoms with E-state index in [4.69, 9.17) is 9.72 Å². The second kappa shape index (κ2) is 10.1. The highest BCUT2D eigenvalue weighted by Crippen LogP contribution is 2.39. The number of urea groups is 1. The van der Waals surface area contributed by atoms with E-state index >= 15 is 0 Å². The van der Waals surface area contributed by atoms with Crippen LogP contribution >= 0.6 is 0 Å². The van der Waals surface area contributed by atoms with E-state index in [0.29, 0.717) is 22.6 Å². The first kappa shape index (κ1) is 25.7. The Balaban J connectivity index is 2.14. The number of hydrogen-bond acceptors (Lipinski definition) is 4. The number of nitrogens with zero attached hydrogens (tertiary/aromatic N) is 1. The summed E-state index contributed by atoms with van der Waals surface area (Å²) in [7, 11) is 0. The molecule has 1 aliphatic rings. The van der Waals surface area contributed by atoms with Crippen LogP contribution in [0.4, 0.5) is 10.6 Å². The van der Waals surface area contributed by atoms with E-state index in [9.17, 15) is 14.7 Å². The van der Waals surface area contributed by atoms with Crippen molar-refractivity contribution in [2.24, 2.45) is 0 Å². The molecule has 7 nitrogen and oxygen atoms in total. The summed E-state index contributed by atoms with van der Waals surface area (Å²) >= 11 is 0. The standard InChI is InChI=1S/C27H37N3O4/c1-15-12-13-19(14-16(15)2)22-18(4)28-24(30-26(33)29-20-10-8-9-11-20)17(3)21(22)23(25(31)32)34-27(5,6)7/h12-14,20,23H,8-11H2,1-7H3,(H,31,32)(H2,28,29,30,33). The molecule has 7 heteroatoms. The van der Waals surface area contributed by atoms with Gasteiger partial charge in [0.25, 0.3) is 0 Å². The van der Waals surface area contributed by atoms with Crippen molar-refractivity contribution in [2.75, 3.05) is 5.32 Å². The smallest absolute Gasteiger partial charge is 0.337 e. The van der Waals surface area contributed by atoms with Crippen LogP contribution in [0.3, 0.4) is 0 Å². The third-order valence-corrected chi connectivity index (χ3v) is 6.35. The van der Waals surface area contributed by atoms with Crippen LogP contribution in [0.2, 0.25) is 0 Å². The average molecular weight is 468 g/mol. The fourth-order valence-corrected chi connectivity index (χ4v) is 4.51. The van der Waals surface area contributed by atoms with Crippen molar-refractivity contribution in [3.63, 3.8) is 0 Å². The number of aromatic nitrogens is 1. The molecule has 2 aromatic rings. The van der Waals surface area contributed by atoms with Gasteiger partial charge in [0.1, 0.15) is 5.82 Å². The molecule has 0 spiro atoms. The predicted octanol–water partition coefficient (Wildman–Crippen LogP) is 5.99. The van der Waals surface area contributed by atoms with E-state index in [2.05, 4.69) is 10.6 Å². The number of aryl methyl sites for hydroxylation is 3. The summed E-state index contributed by atoms with van der Waals surface area (Å²) < 4.78 is 6.05. The zero-order chi connectivity index (χ0) is 25.2. The predicted molar refractivity (Wildman–Crippen MR) is 134 cm³/mol. The monoisotopic (exact) mass is 467 g/mol. The summed E-state index contributed by atoms with van der Waals surface area (Å²) in [6, 6.07) is 5.87. The Bertz CT molecular complexity index is 1080. The molecule has 34 heavy (non-hydrogen) atoms. The Morgan fingerprint density at radius 3 is 2.29 bits per heavy atom. The summed E-state index contributed by atoms with van der Waals surface area (Å²) in [6.45, 7) is 13.2. The van der Waals surface area contributed by atoms with Crippen LogP contribution in [-0.2, 0) is 9.53 Å². The summed E-state index contributed by atoms with van der Waals surface area (Å²) in [5.74, 6) is -0.741. The molecule has 1 unspecified atom stereocenters. The number of rotatable bonds is 6. The number of benzene rings is 1. The molecular weight excluding hydrogens is 430 g/mol. The summed E-state index contributed by atoms with van der Waals surface area (Å²) in [4.78, 5) is 29.9. The van der Waals surface area contributed by atoms with Crippen LogP contribution < -0.4 is 10.6 Å². The number of aliphatic carboxylic acids is 1. The molecule has 184 valence electrons. The maximum Gasteiger partial charge on any atom is 0.337 e. The molecule has 1 atom stereocenters. The van der Waals surface area contributed by atoms with Gasteiger partial charge < -0.3 is 15.2 Å². The van der Waals surface area contributed by atoms with Gasteiger partial charge >= 0.3 is 12.0 Å². The lowest BCUT2D eigenvalue weighted by Crippen LogP contribution is -2.36. The van der Waals surface area contributed by atoms with Gasteiger partial charge in [-0.05, 0) is 83.6 Å². The van der Waals surface area contributed by atoms with Crippen molar-refractivity contribution in [3.8, 4) is 11.1 Å². The van der Waals surface area contributed by atoms with Gasteiger partial charge in [-0.25, -0.2) is 14.6 Å². The molecule has 0 aliphatic heterocycles. The lowest BCUT2D eigenvalue weighted by atomic mass is 9.89. The van der Waals surface area contributed by atoms with Gasteiger partial charge in [0.15, 0.2) is 6.10 Å². The minimum atomic E-state index is -1.23. The van der Waals surface area contributed by atoms with E-state index in [1.165, 1.54) is 0 Å². The first-order valence-corrected chi connectivity index (χ1v) is 11.9. The molecular formula is C27H37N3O4. The normalized spacial score (nSPS) is 15.3. The quantitative estimate of drug-likeness (QED) is 0.485.